The summed E-state index contributed by atoms with van der Waals surface area (Å²) in [4.78, 5) is 41.7. The number of ether oxygens (including phenoxy) is 1. The Balaban J connectivity index is 1.83. The lowest BCUT2D eigenvalue weighted by Crippen LogP contribution is -2.24. The van der Waals surface area contributed by atoms with Crippen molar-refractivity contribution in [1.82, 2.24) is 14.8 Å². The summed E-state index contributed by atoms with van der Waals surface area (Å²) in [7, 11) is 0. The average molecular weight is 412 g/mol. The predicted octanol–water partition coefficient (Wildman–Crippen LogP) is 3.25. The molecule has 0 atom stereocenters. The van der Waals surface area contributed by atoms with Crippen molar-refractivity contribution in [3.05, 3.63) is 57.9 Å². The van der Waals surface area contributed by atoms with Gasteiger partial charge < -0.3 is 4.74 Å². The van der Waals surface area contributed by atoms with Gasteiger partial charge in [0, 0.05) is 0 Å². The summed E-state index contributed by atoms with van der Waals surface area (Å²) in [6.45, 7) is 6.99. The lowest BCUT2D eigenvalue weighted by Gasteiger charge is -2.05. The average Bonchev–Trinajstić information content (AvgIpc) is 3.21. The zero-order valence-corrected chi connectivity index (χ0v) is 17.3. The number of ketones is 1. The van der Waals surface area contributed by atoms with E-state index in [1.165, 1.54) is 0 Å². The summed E-state index contributed by atoms with van der Waals surface area (Å²) < 4.78 is 6.59. The lowest BCUT2D eigenvalue weighted by molar-refractivity contribution is -0.112. The van der Waals surface area contributed by atoms with Crippen LogP contribution >= 0.6 is 11.3 Å². The first kappa shape index (κ1) is 20.4. The van der Waals surface area contributed by atoms with E-state index in [9.17, 15) is 14.4 Å². The van der Waals surface area contributed by atoms with E-state index < -0.39 is 17.7 Å². The van der Waals surface area contributed by atoms with E-state index in [0.29, 0.717) is 22.0 Å². The molecular formula is C20H20N4O4S. The number of thiazole rings is 1. The van der Waals surface area contributed by atoms with E-state index >= 15 is 0 Å². The van der Waals surface area contributed by atoms with Crippen molar-refractivity contribution >= 4 is 34.1 Å². The standard InChI is InChI=1S/C20H20N4O4S/c1-5-28-19(27)17-12(3)21-20(29-17)22-18(26)16(25)15-11(2)23-24(13(15)4)14-9-7-6-8-10-14/h6-10H,5H2,1-4H3,(H,21,22,26). The van der Waals surface area contributed by atoms with Crippen molar-refractivity contribution in [2.45, 2.75) is 27.7 Å². The van der Waals surface area contributed by atoms with Crippen LogP contribution in [0.5, 0.6) is 0 Å². The van der Waals surface area contributed by atoms with Crippen LogP contribution in [0.3, 0.4) is 0 Å². The van der Waals surface area contributed by atoms with Gasteiger partial charge in [0.25, 0.3) is 11.7 Å². The molecule has 2 heterocycles. The van der Waals surface area contributed by atoms with Gasteiger partial charge in [-0.15, -0.1) is 0 Å². The number of benzene rings is 1. The molecule has 3 aromatic rings. The topological polar surface area (TPSA) is 103 Å². The monoisotopic (exact) mass is 412 g/mol. The Hall–Kier alpha value is -3.33. The highest BCUT2D eigenvalue weighted by Gasteiger charge is 2.26. The molecule has 1 amide bonds. The Bertz CT molecular complexity index is 1090. The maximum absolute atomic E-state index is 12.8. The van der Waals surface area contributed by atoms with E-state index in [1.807, 2.05) is 30.3 Å². The van der Waals surface area contributed by atoms with E-state index in [1.54, 1.807) is 32.4 Å². The van der Waals surface area contributed by atoms with Crippen LogP contribution in [0.15, 0.2) is 30.3 Å². The van der Waals surface area contributed by atoms with Crippen LogP contribution in [0.4, 0.5) is 5.13 Å². The number of aromatic nitrogens is 3. The number of carbonyl (C=O) groups excluding carboxylic acids is 3. The molecule has 8 nitrogen and oxygen atoms in total. The fraction of sp³-hybridized carbons (Fsp3) is 0.250. The van der Waals surface area contributed by atoms with Crippen LogP contribution in [0.2, 0.25) is 0 Å². The summed E-state index contributed by atoms with van der Waals surface area (Å²) >= 11 is 0.968. The Labute approximate surface area is 171 Å². The van der Waals surface area contributed by atoms with Crippen molar-refractivity contribution in [1.29, 1.82) is 0 Å². The van der Waals surface area contributed by atoms with Crippen molar-refractivity contribution in [3.63, 3.8) is 0 Å². The zero-order chi connectivity index (χ0) is 21.1. The molecule has 2 aromatic heterocycles. The second-order valence-electron chi connectivity index (χ2n) is 6.23. The van der Waals surface area contributed by atoms with Gasteiger partial charge in [0.1, 0.15) is 4.88 Å². The quantitative estimate of drug-likeness (QED) is 0.379. The molecule has 0 saturated carbocycles. The van der Waals surface area contributed by atoms with E-state index in [0.717, 1.165) is 17.0 Å². The van der Waals surface area contributed by atoms with Gasteiger partial charge in [-0.3, -0.25) is 14.9 Å². The fourth-order valence-corrected chi connectivity index (χ4v) is 3.75. The molecule has 0 spiro atoms. The SMILES string of the molecule is CCOC(=O)c1sc(NC(=O)C(=O)c2c(C)nn(-c3ccccc3)c2C)nc1C. The van der Waals surface area contributed by atoms with Crippen LogP contribution in [0.25, 0.3) is 5.69 Å². The summed E-state index contributed by atoms with van der Waals surface area (Å²) in [5.41, 5.74) is 2.48. The van der Waals surface area contributed by atoms with Gasteiger partial charge in [-0.05, 0) is 39.8 Å². The van der Waals surface area contributed by atoms with Crippen molar-refractivity contribution < 1.29 is 19.1 Å². The minimum Gasteiger partial charge on any atom is -0.462 e. The molecule has 0 aliphatic carbocycles. The van der Waals surface area contributed by atoms with Crippen molar-refractivity contribution in [2.24, 2.45) is 0 Å². The highest BCUT2D eigenvalue weighted by atomic mass is 32.1. The van der Waals surface area contributed by atoms with Crippen LogP contribution < -0.4 is 5.32 Å². The van der Waals surface area contributed by atoms with Crippen molar-refractivity contribution in [3.8, 4) is 5.69 Å². The summed E-state index contributed by atoms with van der Waals surface area (Å²) in [6.07, 6.45) is 0. The van der Waals surface area contributed by atoms with Gasteiger partial charge in [-0.1, -0.05) is 29.5 Å². The molecule has 3 rings (SSSR count). The maximum Gasteiger partial charge on any atom is 0.350 e. The second-order valence-corrected chi connectivity index (χ2v) is 7.23. The molecule has 1 N–H and O–H groups in total. The predicted molar refractivity (Wildman–Crippen MR) is 109 cm³/mol. The molecule has 0 fully saturated rings. The molecule has 29 heavy (non-hydrogen) atoms. The number of esters is 1. The first-order valence-corrected chi connectivity index (χ1v) is 9.77. The molecule has 1 aromatic carbocycles. The number of aryl methyl sites for hydroxylation is 2. The molecule has 0 radical (unpaired) electrons. The number of carbonyl (C=O) groups is 3. The van der Waals surface area contributed by atoms with E-state index in [-0.39, 0.29) is 17.3 Å². The van der Waals surface area contributed by atoms with Crippen LogP contribution in [0, 0.1) is 20.8 Å². The molecule has 0 unspecified atom stereocenters. The maximum atomic E-state index is 12.8. The lowest BCUT2D eigenvalue weighted by atomic mass is 10.1. The fourth-order valence-electron chi connectivity index (χ4n) is 2.90. The third kappa shape index (κ3) is 4.09. The van der Waals surface area contributed by atoms with Crippen LogP contribution in [-0.2, 0) is 9.53 Å². The number of para-hydroxylation sites is 1. The Morgan fingerprint density at radius 3 is 2.45 bits per heavy atom. The number of Topliss-reactive ketones (excluding diaryl/α,β-unsaturated/α-hetero) is 1. The number of hydrogen-bond acceptors (Lipinski definition) is 7. The highest BCUT2D eigenvalue weighted by Crippen LogP contribution is 2.24. The number of nitrogens with one attached hydrogen (secondary N) is 1. The third-order valence-electron chi connectivity index (χ3n) is 4.20. The summed E-state index contributed by atoms with van der Waals surface area (Å²) in [5, 5.41) is 7.03. The number of hydrogen-bond donors (Lipinski definition) is 1. The van der Waals surface area contributed by atoms with Crippen LogP contribution in [-0.4, -0.2) is 39.0 Å². The molecule has 0 bridgehead atoms. The molecule has 0 aliphatic rings. The normalized spacial score (nSPS) is 10.6. The van der Waals surface area contributed by atoms with Gasteiger partial charge >= 0.3 is 5.97 Å². The minimum absolute atomic E-state index is 0.162. The Morgan fingerprint density at radius 1 is 1.10 bits per heavy atom. The van der Waals surface area contributed by atoms with Gasteiger partial charge in [-0.2, -0.15) is 5.10 Å². The van der Waals surface area contributed by atoms with Gasteiger partial charge in [0.05, 0.1) is 34.9 Å². The molecule has 0 saturated heterocycles. The molecule has 0 aliphatic heterocycles. The third-order valence-corrected chi connectivity index (χ3v) is 5.26. The largest absolute Gasteiger partial charge is 0.462 e. The second kappa shape index (κ2) is 8.36. The number of amides is 1. The molecular weight excluding hydrogens is 392 g/mol. The summed E-state index contributed by atoms with van der Waals surface area (Å²) in [5.74, 6) is -2.06. The van der Waals surface area contributed by atoms with Gasteiger partial charge in [0.15, 0.2) is 5.13 Å². The van der Waals surface area contributed by atoms with E-state index in [2.05, 4.69) is 15.4 Å². The first-order chi connectivity index (χ1) is 13.8. The Kier molecular flexibility index (Phi) is 5.88. The first-order valence-electron chi connectivity index (χ1n) is 8.95. The van der Waals surface area contributed by atoms with Crippen molar-refractivity contribution in [2.75, 3.05) is 11.9 Å². The molecule has 9 heteroatoms. The zero-order valence-electron chi connectivity index (χ0n) is 16.5. The highest BCUT2D eigenvalue weighted by molar-refractivity contribution is 7.17. The number of rotatable bonds is 6. The minimum atomic E-state index is -0.840. The Morgan fingerprint density at radius 2 is 1.79 bits per heavy atom. The van der Waals surface area contributed by atoms with E-state index in [4.69, 9.17) is 4.74 Å². The van der Waals surface area contributed by atoms with Gasteiger partial charge in [-0.25, -0.2) is 14.5 Å². The smallest absolute Gasteiger partial charge is 0.350 e. The van der Waals surface area contributed by atoms with Gasteiger partial charge in [0.2, 0.25) is 0 Å². The number of nitrogens with zero attached hydrogens (tertiary/aromatic N) is 3. The van der Waals surface area contributed by atoms with Crippen LogP contribution in [0.1, 0.15) is 44.0 Å². The molecule has 150 valence electrons. The number of anilines is 1. The summed E-state index contributed by atoms with van der Waals surface area (Å²) in [6, 6.07) is 9.35.